The van der Waals surface area contributed by atoms with Crippen LogP contribution in [0.4, 0.5) is 11.4 Å². The lowest BCUT2D eigenvalue weighted by Crippen LogP contribution is -2.49. The molecule has 0 radical (unpaired) electrons. The van der Waals surface area contributed by atoms with Crippen LogP contribution in [0, 0.1) is 0 Å². The van der Waals surface area contributed by atoms with Crippen molar-refractivity contribution < 1.29 is 17.9 Å². The highest BCUT2D eigenvalue weighted by Crippen LogP contribution is 2.35. The highest BCUT2D eigenvalue weighted by atomic mass is 32.2. The van der Waals surface area contributed by atoms with Crippen LogP contribution < -0.4 is 14.4 Å². The lowest BCUT2D eigenvalue weighted by atomic mass is 10.0. The lowest BCUT2D eigenvalue weighted by Gasteiger charge is -2.34. The number of hydrogen-bond acceptors (Lipinski definition) is 4. The SMILES string of the molecule is CCS(=O)(=O)N1CC(C(=O)Nc2ccccc2C(C)C)Oc2ccccc21. The average Bonchev–Trinajstić information content (AvgIpc) is 2.67. The van der Waals surface area contributed by atoms with Crippen molar-refractivity contribution in [2.75, 3.05) is 21.9 Å². The number of nitrogens with zero attached hydrogens (tertiary/aromatic N) is 1. The molecule has 0 aliphatic carbocycles. The van der Waals surface area contributed by atoms with Gasteiger partial charge in [0.15, 0.2) is 6.10 Å². The Morgan fingerprint density at radius 1 is 1.19 bits per heavy atom. The first-order valence-electron chi connectivity index (χ1n) is 8.99. The lowest BCUT2D eigenvalue weighted by molar-refractivity contribution is -0.122. The number of benzene rings is 2. The summed E-state index contributed by atoms with van der Waals surface area (Å²) in [5.41, 5.74) is 2.19. The topological polar surface area (TPSA) is 75.7 Å². The zero-order valence-electron chi connectivity index (χ0n) is 15.7. The molecule has 144 valence electrons. The van der Waals surface area contributed by atoms with Crippen LogP contribution in [0.15, 0.2) is 48.5 Å². The van der Waals surface area contributed by atoms with Gasteiger partial charge in [0.2, 0.25) is 10.0 Å². The third-order valence-electron chi connectivity index (χ3n) is 4.57. The Kier molecular flexibility index (Phi) is 5.41. The number of nitrogens with one attached hydrogen (secondary N) is 1. The van der Waals surface area contributed by atoms with Gasteiger partial charge in [-0.05, 0) is 36.6 Å². The first-order valence-corrected chi connectivity index (χ1v) is 10.6. The molecule has 7 heteroatoms. The van der Waals surface area contributed by atoms with Crippen molar-refractivity contribution in [3.63, 3.8) is 0 Å². The number of rotatable bonds is 5. The smallest absolute Gasteiger partial charge is 0.267 e. The number of para-hydroxylation sites is 3. The van der Waals surface area contributed by atoms with E-state index in [2.05, 4.69) is 5.32 Å². The summed E-state index contributed by atoms with van der Waals surface area (Å²) in [6, 6.07) is 14.4. The van der Waals surface area contributed by atoms with Crippen LogP contribution in [0.3, 0.4) is 0 Å². The van der Waals surface area contributed by atoms with Gasteiger partial charge in [0, 0.05) is 5.69 Å². The van der Waals surface area contributed by atoms with Crippen LogP contribution in [0.1, 0.15) is 32.3 Å². The van der Waals surface area contributed by atoms with E-state index in [9.17, 15) is 13.2 Å². The van der Waals surface area contributed by atoms with E-state index in [1.807, 2.05) is 38.1 Å². The highest BCUT2D eigenvalue weighted by Gasteiger charge is 2.36. The molecule has 0 aromatic heterocycles. The number of amides is 1. The predicted octanol–water partition coefficient (Wildman–Crippen LogP) is 3.37. The van der Waals surface area contributed by atoms with Gasteiger partial charge in [0.1, 0.15) is 5.75 Å². The summed E-state index contributed by atoms with van der Waals surface area (Å²) in [5.74, 6) is 0.213. The quantitative estimate of drug-likeness (QED) is 0.852. The van der Waals surface area contributed by atoms with Crippen molar-refractivity contribution in [2.45, 2.75) is 32.8 Å². The number of anilines is 2. The summed E-state index contributed by atoms with van der Waals surface area (Å²) in [7, 11) is -3.52. The Hall–Kier alpha value is -2.54. The molecule has 0 saturated heterocycles. The third kappa shape index (κ3) is 3.93. The Labute approximate surface area is 160 Å². The Bertz CT molecular complexity index is 941. The molecule has 1 aliphatic heterocycles. The maximum absolute atomic E-state index is 12.9. The molecule has 1 heterocycles. The van der Waals surface area contributed by atoms with Crippen LogP contribution in [0.25, 0.3) is 0 Å². The molecule has 27 heavy (non-hydrogen) atoms. The van der Waals surface area contributed by atoms with Crippen molar-refractivity contribution in [3.8, 4) is 5.75 Å². The van der Waals surface area contributed by atoms with E-state index in [4.69, 9.17) is 4.74 Å². The van der Waals surface area contributed by atoms with Crippen LogP contribution >= 0.6 is 0 Å². The van der Waals surface area contributed by atoms with Gasteiger partial charge in [-0.1, -0.05) is 44.2 Å². The van der Waals surface area contributed by atoms with E-state index < -0.39 is 16.1 Å². The van der Waals surface area contributed by atoms with Crippen LogP contribution in [0.5, 0.6) is 5.75 Å². The minimum absolute atomic E-state index is 0.0497. The number of sulfonamides is 1. The molecule has 1 amide bonds. The molecule has 1 aliphatic rings. The van der Waals surface area contributed by atoms with E-state index in [-0.39, 0.29) is 24.1 Å². The summed E-state index contributed by atoms with van der Waals surface area (Å²) in [4.78, 5) is 12.9. The predicted molar refractivity (Wildman–Crippen MR) is 107 cm³/mol. The second-order valence-electron chi connectivity index (χ2n) is 6.74. The number of carbonyl (C=O) groups excluding carboxylic acids is 1. The minimum atomic E-state index is -3.52. The van der Waals surface area contributed by atoms with E-state index in [0.29, 0.717) is 17.1 Å². The molecular weight excluding hydrogens is 364 g/mol. The van der Waals surface area contributed by atoms with Gasteiger partial charge in [-0.2, -0.15) is 0 Å². The van der Waals surface area contributed by atoms with Crippen molar-refractivity contribution in [1.82, 2.24) is 0 Å². The number of fused-ring (bicyclic) bond motifs is 1. The van der Waals surface area contributed by atoms with Gasteiger partial charge in [0.25, 0.3) is 5.91 Å². The van der Waals surface area contributed by atoms with Gasteiger partial charge >= 0.3 is 0 Å². The molecule has 0 spiro atoms. The molecule has 0 fully saturated rings. The molecule has 3 rings (SSSR count). The van der Waals surface area contributed by atoms with Crippen LogP contribution in [-0.2, 0) is 14.8 Å². The Morgan fingerprint density at radius 3 is 2.56 bits per heavy atom. The summed E-state index contributed by atoms with van der Waals surface area (Å²) in [6.07, 6.45) is -0.929. The monoisotopic (exact) mass is 388 g/mol. The third-order valence-corrected chi connectivity index (χ3v) is 6.32. The standard InChI is InChI=1S/C20H24N2O4S/c1-4-27(24,25)22-13-19(26-18-12-8-7-11-17(18)22)20(23)21-16-10-6-5-9-15(16)14(2)3/h5-12,14,19H,4,13H2,1-3H3,(H,21,23). The zero-order chi connectivity index (χ0) is 19.6. The van der Waals surface area contributed by atoms with E-state index >= 15 is 0 Å². The normalized spacial score (nSPS) is 16.6. The molecular formula is C20H24N2O4S. The van der Waals surface area contributed by atoms with Gasteiger partial charge in [-0.15, -0.1) is 0 Å². The first-order chi connectivity index (χ1) is 12.8. The summed E-state index contributed by atoms with van der Waals surface area (Å²) in [5, 5.41) is 2.90. The maximum atomic E-state index is 12.9. The molecule has 0 saturated carbocycles. The summed E-state index contributed by atoms with van der Waals surface area (Å²) < 4.78 is 32.1. The van der Waals surface area contributed by atoms with Gasteiger partial charge in [-0.3, -0.25) is 9.10 Å². The van der Waals surface area contributed by atoms with Crippen LogP contribution in [-0.4, -0.2) is 32.7 Å². The number of ether oxygens (including phenoxy) is 1. The molecule has 0 bridgehead atoms. The number of carbonyl (C=O) groups is 1. The van der Waals surface area contributed by atoms with E-state index in [0.717, 1.165) is 5.56 Å². The van der Waals surface area contributed by atoms with Crippen molar-refractivity contribution >= 4 is 27.3 Å². The molecule has 2 aromatic carbocycles. The van der Waals surface area contributed by atoms with Crippen LogP contribution in [0.2, 0.25) is 0 Å². The van der Waals surface area contributed by atoms with Crippen molar-refractivity contribution in [2.24, 2.45) is 0 Å². The van der Waals surface area contributed by atoms with E-state index in [1.54, 1.807) is 31.2 Å². The van der Waals surface area contributed by atoms with Gasteiger partial charge in [-0.25, -0.2) is 8.42 Å². The molecule has 2 aromatic rings. The summed E-state index contributed by atoms with van der Waals surface area (Å²) >= 11 is 0. The average molecular weight is 388 g/mol. The molecule has 1 atom stereocenters. The fourth-order valence-corrected chi connectivity index (χ4v) is 4.21. The Morgan fingerprint density at radius 2 is 1.85 bits per heavy atom. The molecule has 1 unspecified atom stereocenters. The van der Waals surface area contributed by atoms with Crippen molar-refractivity contribution in [1.29, 1.82) is 0 Å². The fourth-order valence-electron chi connectivity index (χ4n) is 3.09. The minimum Gasteiger partial charge on any atom is -0.476 e. The second-order valence-corrected chi connectivity index (χ2v) is 8.92. The zero-order valence-corrected chi connectivity index (χ0v) is 16.5. The largest absolute Gasteiger partial charge is 0.476 e. The first kappa shape index (κ1) is 19.2. The van der Waals surface area contributed by atoms with Crippen molar-refractivity contribution in [3.05, 3.63) is 54.1 Å². The van der Waals surface area contributed by atoms with Gasteiger partial charge < -0.3 is 10.1 Å². The summed E-state index contributed by atoms with van der Waals surface area (Å²) in [6.45, 7) is 5.63. The highest BCUT2D eigenvalue weighted by molar-refractivity contribution is 7.92. The molecule has 1 N–H and O–H groups in total. The second kappa shape index (κ2) is 7.60. The molecule has 6 nitrogen and oxygen atoms in total. The Balaban J connectivity index is 1.89. The maximum Gasteiger partial charge on any atom is 0.267 e. The number of hydrogen-bond donors (Lipinski definition) is 1. The fraction of sp³-hybridized carbons (Fsp3) is 0.350. The van der Waals surface area contributed by atoms with E-state index in [1.165, 1.54) is 4.31 Å². The van der Waals surface area contributed by atoms with Gasteiger partial charge in [0.05, 0.1) is 18.0 Å².